The molecule has 29 heavy (non-hydrogen) atoms. The number of hydrogen-bond acceptors (Lipinski definition) is 5. The molecule has 0 spiro atoms. The molecule has 1 amide bonds. The van der Waals surface area contributed by atoms with Crippen molar-refractivity contribution in [3.8, 4) is 10.6 Å². The number of carbonyl (C=O) groups is 1. The highest BCUT2D eigenvalue weighted by atomic mass is 35.5. The fraction of sp³-hybridized carbons (Fsp3) is 0.273. The normalized spacial score (nSPS) is 14.7. The molecular formula is C22H22ClN3O2S. The van der Waals surface area contributed by atoms with Crippen molar-refractivity contribution in [3.63, 3.8) is 0 Å². The summed E-state index contributed by atoms with van der Waals surface area (Å²) in [7, 11) is 0. The number of carbonyl (C=O) groups excluding carboxylic acids is 1. The van der Waals surface area contributed by atoms with Gasteiger partial charge in [0, 0.05) is 30.6 Å². The summed E-state index contributed by atoms with van der Waals surface area (Å²) in [6, 6.07) is 15.7. The molecule has 1 aromatic heterocycles. The second kappa shape index (κ2) is 9.50. The van der Waals surface area contributed by atoms with Crippen LogP contribution in [0, 0.1) is 0 Å². The van der Waals surface area contributed by atoms with Crippen LogP contribution in [0.2, 0.25) is 5.02 Å². The van der Waals surface area contributed by atoms with Crippen LogP contribution in [0.3, 0.4) is 0 Å². The first-order chi connectivity index (χ1) is 14.2. The average molecular weight is 428 g/mol. The van der Waals surface area contributed by atoms with Crippen LogP contribution in [0.4, 0.5) is 5.69 Å². The molecule has 1 fully saturated rings. The lowest BCUT2D eigenvalue weighted by atomic mass is 10.1. The summed E-state index contributed by atoms with van der Waals surface area (Å²) in [5.41, 5.74) is 3.72. The lowest BCUT2D eigenvalue weighted by Crippen LogP contribution is -2.35. The van der Waals surface area contributed by atoms with Gasteiger partial charge < -0.3 is 10.1 Å². The highest BCUT2D eigenvalue weighted by Crippen LogP contribution is 2.26. The fourth-order valence-corrected chi connectivity index (χ4v) is 4.26. The second-order valence-electron chi connectivity index (χ2n) is 6.94. The Bertz CT molecular complexity index is 985. The number of benzene rings is 2. The van der Waals surface area contributed by atoms with Crippen LogP contribution in [-0.2, 0) is 22.5 Å². The summed E-state index contributed by atoms with van der Waals surface area (Å²) in [5.74, 6) is -0.129. The Hall–Kier alpha value is -2.25. The van der Waals surface area contributed by atoms with Crippen molar-refractivity contribution in [2.75, 3.05) is 31.6 Å². The van der Waals surface area contributed by atoms with E-state index in [0.29, 0.717) is 10.7 Å². The van der Waals surface area contributed by atoms with E-state index in [1.165, 1.54) is 5.56 Å². The quantitative estimate of drug-likeness (QED) is 0.630. The van der Waals surface area contributed by atoms with Crippen LogP contribution in [-0.4, -0.2) is 42.1 Å². The van der Waals surface area contributed by atoms with Crippen molar-refractivity contribution in [1.82, 2.24) is 9.88 Å². The van der Waals surface area contributed by atoms with E-state index < -0.39 is 0 Å². The predicted octanol–water partition coefficient (Wildman–Crippen LogP) is 4.48. The van der Waals surface area contributed by atoms with Gasteiger partial charge in [-0.1, -0.05) is 41.9 Å². The maximum atomic E-state index is 12.3. The van der Waals surface area contributed by atoms with Gasteiger partial charge in [-0.3, -0.25) is 9.69 Å². The van der Waals surface area contributed by atoms with E-state index in [4.69, 9.17) is 16.3 Å². The van der Waals surface area contributed by atoms with E-state index in [-0.39, 0.29) is 12.3 Å². The van der Waals surface area contributed by atoms with Gasteiger partial charge in [0.1, 0.15) is 5.01 Å². The van der Waals surface area contributed by atoms with Crippen molar-refractivity contribution >= 4 is 34.5 Å². The third kappa shape index (κ3) is 5.42. The molecule has 0 atom stereocenters. The van der Waals surface area contributed by atoms with Crippen LogP contribution in [0.1, 0.15) is 11.3 Å². The molecule has 0 radical (unpaired) electrons. The number of thiazole rings is 1. The third-order valence-corrected chi connectivity index (χ3v) is 5.99. The van der Waals surface area contributed by atoms with E-state index in [2.05, 4.69) is 39.5 Å². The number of para-hydroxylation sites is 1. The average Bonchev–Trinajstić information content (AvgIpc) is 3.19. The summed E-state index contributed by atoms with van der Waals surface area (Å²) in [6.45, 7) is 4.44. The number of amides is 1. The fourth-order valence-electron chi connectivity index (χ4n) is 3.26. The molecule has 150 valence electrons. The molecule has 1 aliphatic heterocycles. The number of rotatable bonds is 6. The highest BCUT2D eigenvalue weighted by molar-refractivity contribution is 7.13. The summed E-state index contributed by atoms with van der Waals surface area (Å²) >= 11 is 7.66. The Labute approximate surface area is 179 Å². The minimum absolute atomic E-state index is 0.129. The number of anilines is 1. The second-order valence-corrected chi connectivity index (χ2v) is 8.20. The molecule has 0 aliphatic carbocycles. The number of aromatic nitrogens is 1. The van der Waals surface area contributed by atoms with Crippen molar-refractivity contribution < 1.29 is 9.53 Å². The van der Waals surface area contributed by atoms with Gasteiger partial charge in [-0.25, -0.2) is 4.98 Å². The van der Waals surface area contributed by atoms with Crippen LogP contribution in [0.5, 0.6) is 0 Å². The molecule has 0 saturated carbocycles. The largest absolute Gasteiger partial charge is 0.379 e. The molecule has 5 nitrogen and oxygen atoms in total. The molecule has 4 rings (SSSR count). The van der Waals surface area contributed by atoms with Gasteiger partial charge in [0.15, 0.2) is 0 Å². The zero-order valence-corrected chi connectivity index (χ0v) is 17.5. The molecule has 2 heterocycles. The number of halogens is 1. The number of morpholine rings is 1. The van der Waals surface area contributed by atoms with E-state index in [1.807, 2.05) is 17.5 Å². The highest BCUT2D eigenvalue weighted by Gasteiger charge is 2.13. The van der Waals surface area contributed by atoms with Crippen molar-refractivity contribution in [1.29, 1.82) is 0 Å². The number of nitrogens with one attached hydrogen (secondary N) is 1. The Morgan fingerprint density at radius 3 is 2.83 bits per heavy atom. The number of ether oxygens (including phenoxy) is 1. The summed E-state index contributed by atoms with van der Waals surface area (Å²) in [4.78, 5) is 19.4. The Morgan fingerprint density at radius 2 is 2.00 bits per heavy atom. The molecule has 1 N–H and O–H groups in total. The van der Waals surface area contributed by atoms with Crippen molar-refractivity contribution in [2.24, 2.45) is 0 Å². The van der Waals surface area contributed by atoms with Gasteiger partial charge in [-0.15, -0.1) is 11.3 Å². The smallest absolute Gasteiger partial charge is 0.230 e. The first-order valence-electron chi connectivity index (χ1n) is 9.55. The summed E-state index contributed by atoms with van der Waals surface area (Å²) in [6.07, 6.45) is 0.217. The maximum absolute atomic E-state index is 12.3. The van der Waals surface area contributed by atoms with Gasteiger partial charge in [0.05, 0.1) is 36.0 Å². The first-order valence-corrected chi connectivity index (χ1v) is 10.8. The monoisotopic (exact) mass is 427 g/mol. The molecule has 2 aromatic carbocycles. The van der Waals surface area contributed by atoms with E-state index in [0.717, 1.165) is 49.1 Å². The molecule has 1 aliphatic rings. The zero-order valence-electron chi connectivity index (χ0n) is 15.9. The van der Waals surface area contributed by atoms with Crippen LogP contribution in [0.15, 0.2) is 53.9 Å². The Morgan fingerprint density at radius 1 is 1.17 bits per heavy atom. The SMILES string of the molecule is O=C(Cc1csc(-c2cccc(CN3CCOCC3)c2)n1)Nc1ccccc1Cl. The predicted molar refractivity (Wildman–Crippen MR) is 117 cm³/mol. The van der Waals surface area contributed by atoms with Gasteiger partial charge in [-0.2, -0.15) is 0 Å². The molecule has 1 saturated heterocycles. The van der Waals surface area contributed by atoms with Crippen LogP contribution >= 0.6 is 22.9 Å². The van der Waals surface area contributed by atoms with E-state index >= 15 is 0 Å². The number of hydrogen-bond donors (Lipinski definition) is 1. The van der Waals surface area contributed by atoms with E-state index in [9.17, 15) is 4.79 Å². The van der Waals surface area contributed by atoms with Crippen molar-refractivity contribution in [3.05, 3.63) is 70.2 Å². The van der Waals surface area contributed by atoms with E-state index in [1.54, 1.807) is 23.5 Å². The zero-order chi connectivity index (χ0) is 20.1. The van der Waals surface area contributed by atoms with Gasteiger partial charge in [0.2, 0.25) is 5.91 Å². The maximum Gasteiger partial charge on any atom is 0.230 e. The molecule has 0 unspecified atom stereocenters. The van der Waals surface area contributed by atoms with Gasteiger partial charge in [0.25, 0.3) is 0 Å². The topological polar surface area (TPSA) is 54.5 Å². The molecule has 7 heteroatoms. The minimum atomic E-state index is -0.129. The number of nitrogens with zero attached hydrogens (tertiary/aromatic N) is 2. The lowest BCUT2D eigenvalue weighted by Gasteiger charge is -2.26. The Balaban J connectivity index is 1.40. The van der Waals surface area contributed by atoms with Crippen LogP contribution in [0.25, 0.3) is 10.6 Å². The molecule has 0 bridgehead atoms. The summed E-state index contributed by atoms with van der Waals surface area (Å²) < 4.78 is 5.42. The first kappa shape index (κ1) is 20.0. The van der Waals surface area contributed by atoms with Crippen molar-refractivity contribution in [2.45, 2.75) is 13.0 Å². The minimum Gasteiger partial charge on any atom is -0.379 e. The molecular weight excluding hydrogens is 406 g/mol. The standard InChI is InChI=1S/C22H22ClN3O2S/c23-19-6-1-2-7-20(19)25-21(27)13-18-15-29-22(24-18)17-5-3-4-16(12-17)14-26-8-10-28-11-9-26/h1-7,12,15H,8-11,13-14H2,(H,25,27). The third-order valence-electron chi connectivity index (χ3n) is 4.73. The Kier molecular flexibility index (Phi) is 6.56. The lowest BCUT2D eigenvalue weighted by molar-refractivity contribution is -0.115. The summed E-state index contributed by atoms with van der Waals surface area (Å²) in [5, 5.41) is 6.23. The van der Waals surface area contributed by atoms with Crippen LogP contribution < -0.4 is 5.32 Å². The van der Waals surface area contributed by atoms with Gasteiger partial charge in [-0.05, 0) is 23.8 Å². The van der Waals surface area contributed by atoms with Gasteiger partial charge >= 0.3 is 0 Å². The molecule has 3 aromatic rings.